The molecule has 1 amide bonds. The van der Waals surface area contributed by atoms with Crippen molar-refractivity contribution >= 4 is 5.91 Å². The topological polar surface area (TPSA) is 38.8 Å². The summed E-state index contributed by atoms with van der Waals surface area (Å²) in [6.07, 6.45) is 7.63. The lowest BCUT2D eigenvalue weighted by Crippen LogP contribution is -2.40. The van der Waals surface area contributed by atoms with Gasteiger partial charge in [-0.25, -0.2) is 0 Å². The highest BCUT2D eigenvalue weighted by Crippen LogP contribution is 2.23. The lowest BCUT2D eigenvalue weighted by atomic mass is 10.0. The van der Waals surface area contributed by atoms with Gasteiger partial charge in [-0.15, -0.1) is 0 Å². The normalized spacial score (nSPS) is 14.0. The summed E-state index contributed by atoms with van der Waals surface area (Å²) in [5.74, 6) is 1.000. The molecule has 0 spiro atoms. The van der Waals surface area contributed by atoms with Crippen LogP contribution in [0.1, 0.15) is 55.8 Å². The number of carbonyl (C=O) groups is 1. The molecule has 0 saturated carbocycles. The molecule has 2 aromatic rings. The van der Waals surface area contributed by atoms with E-state index in [4.69, 9.17) is 9.47 Å². The Hall–Kier alpha value is -2.33. The first-order chi connectivity index (χ1) is 14.3. The number of benzene rings is 2. The zero-order chi connectivity index (χ0) is 20.3. The number of hydrogen-bond donors (Lipinski definition) is 0. The fraction of sp³-hybridized carbons (Fsp3) is 0.480. The molecule has 0 atom stereocenters. The number of nitrogens with zero attached hydrogens (tertiary/aromatic N) is 1. The molecule has 156 valence electrons. The van der Waals surface area contributed by atoms with E-state index in [2.05, 4.69) is 19.1 Å². The van der Waals surface area contributed by atoms with E-state index in [1.54, 1.807) is 0 Å². The van der Waals surface area contributed by atoms with Gasteiger partial charge in [-0.3, -0.25) is 4.79 Å². The summed E-state index contributed by atoms with van der Waals surface area (Å²) in [7, 11) is 0. The Morgan fingerprint density at radius 3 is 2.10 bits per heavy atom. The van der Waals surface area contributed by atoms with Crippen LogP contribution in [-0.2, 0) is 4.74 Å². The summed E-state index contributed by atoms with van der Waals surface area (Å²) < 4.78 is 11.2. The van der Waals surface area contributed by atoms with E-state index in [-0.39, 0.29) is 5.91 Å². The summed E-state index contributed by atoms with van der Waals surface area (Å²) in [4.78, 5) is 14.4. The van der Waals surface area contributed by atoms with E-state index >= 15 is 0 Å². The van der Waals surface area contributed by atoms with Crippen LogP contribution in [0.2, 0.25) is 0 Å². The first kappa shape index (κ1) is 21.4. The van der Waals surface area contributed by atoms with Crippen molar-refractivity contribution in [2.75, 3.05) is 32.9 Å². The van der Waals surface area contributed by atoms with Crippen LogP contribution in [0.3, 0.4) is 0 Å². The van der Waals surface area contributed by atoms with Gasteiger partial charge in [-0.2, -0.15) is 0 Å². The minimum absolute atomic E-state index is 0.0818. The molecule has 3 rings (SSSR count). The molecule has 1 fully saturated rings. The van der Waals surface area contributed by atoms with Gasteiger partial charge in [0.2, 0.25) is 0 Å². The van der Waals surface area contributed by atoms with E-state index in [0.717, 1.165) is 35.5 Å². The SMILES string of the molecule is CCCCCCCCOc1ccc(-c2ccc(C(=O)N3CCOCC3)cc2)cc1. The minimum Gasteiger partial charge on any atom is -0.494 e. The van der Waals surface area contributed by atoms with Gasteiger partial charge in [-0.1, -0.05) is 63.3 Å². The van der Waals surface area contributed by atoms with Crippen molar-refractivity contribution < 1.29 is 14.3 Å². The number of rotatable bonds is 10. The van der Waals surface area contributed by atoms with Gasteiger partial charge in [0.1, 0.15) is 5.75 Å². The predicted molar refractivity (Wildman–Crippen MR) is 117 cm³/mol. The molecule has 2 aromatic carbocycles. The van der Waals surface area contributed by atoms with Crippen LogP contribution in [0.15, 0.2) is 48.5 Å². The highest BCUT2D eigenvalue weighted by atomic mass is 16.5. The van der Waals surface area contributed by atoms with E-state index < -0.39 is 0 Å². The van der Waals surface area contributed by atoms with Crippen molar-refractivity contribution in [2.24, 2.45) is 0 Å². The Balaban J connectivity index is 1.47. The van der Waals surface area contributed by atoms with Crippen molar-refractivity contribution in [3.05, 3.63) is 54.1 Å². The van der Waals surface area contributed by atoms with Gasteiger partial charge >= 0.3 is 0 Å². The fourth-order valence-corrected chi connectivity index (χ4v) is 3.57. The van der Waals surface area contributed by atoms with Crippen LogP contribution in [0, 0.1) is 0 Å². The third-order valence-corrected chi connectivity index (χ3v) is 5.38. The van der Waals surface area contributed by atoms with Gasteiger partial charge in [0, 0.05) is 18.7 Å². The van der Waals surface area contributed by atoms with Gasteiger partial charge in [0.25, 0.3) is 5.91 Å². The van der Waals surface area contributed by atoms with Crippen molar-refractivity contribution in [1.82, 2.24) is 4.90 Å². The minimum atomic E-state index is 0.0818. The average molecular weight is 396 g/mol. The molecule has 0 bridgehead atoms. The molecule has 29 heavy (non-hydrogen) atoms. The Kier molecular flexibility index (Phi) is 8.57. The molecule has 0 N–H and O–H groups in total. The van der Waals surface area contributed by atoms with E-state index in [0.29, 0.717) is 26.3 Å². The number of amides is 1. The third-order valence-electron chi connectivity index (χ3n) is 5.38. The summed E-state index contributed by atoms with van der Waals surface area (Å²) in [6.45, 7) is 5.60. The number of carbonyl (C=O) groups excluding carboxylic acids is 1. The van der Waals surface area contributed by atoms with Crippen LogP contribution < -0.4 is 4.74 Å². The quantitative estimate of drug-likeness (QED) is 0.494. The lowest BCUT2D eigenvalue weighted by molar-refractivity contribution is 0.0303. The number of morpholine rings is 1. The highest BCUT2D eigenvalue weighted by Gasteiger charge is 2.18. The number of hydrogen-bond acceptors (Lipinski definition) is 3. The Morgan fingerprint density at radius 1 is 0.862 bits per heavy atom. The Labute approximate surface area is 174 Å². The molecule has 0 aromatic heterocycles. The maximum Gasteiger partial charge on any atom is 0.254 e. The van der Waals surface area contributed by atoms with Gasteiger partial charge in [0.05, 0.1) is 19.8 Å². The average Bonchev–Trinajstić information content (AvgIpc) is 2.79. The molecule has 4 heteroatoms. The van der Waals surface area contributed by atoms with Gasteiger partial charge < -0.3 is 14.4 Å². The van der Waals surface area contributed by atoms with E-state index in [1.165, 1.54) is 32.1 Å². The highest BCUT2D eigenvalue weighted by molar-refractivity contribution is 5.94. The molecule has 1 heterocycles. The Bertz CT molecular complexity index is 734. The molecule has 4 nitrogen and oxygen atoms in total. The van der Waals surface area contributed by atoms with E-state index in [9.17, 15) is 4.79 Å². The number of unbranched alkanes of at least 4 members (excludes halogenated alkanes) is 5. The predicted octanol–water partition coefficient (Wildman–Crippen LogP) is 5.57. The molecule has 0 aliphatic carbocycles. The summed E-state index contributed by atoms with van der Waals surface area (Å²) in [5, 5.41) is 0. The first-order valence-electron chi connectivity index (χ1n) is 11.0. The second-order valence-corrected chi connectivity index (χ2v) is 7.62. The van der Waals surface area contributed by atoms with Crippen molar-refractivity contribution in [1.29, 1.82) is 0 Å². The Morgan fingerprint density at radius 2 is 1.45 bits per heavy atom. The summed E-state index contributed by atoms with van der Waals surface area (Å²) in [6, 6.07) is 16.1. The maximum atomic E-state index is 12.5. The van der Waals surface area contributed by atoms with Crippen molar-refractivity contribution in [3.8, 4) is 16.9 Å². The lowest BCUT2D eigenvalue weighted by Gasteiger charge is -2.26. The molecule has 0 unspecified atom stereocenters. The zero-order valence-corrected chi connectivity index (χ0v) is 17.6. The summed E-state index contributed by atoms with van der Waals surface area (Å²) >= 11 is 0. The first-order valence-corrected chi connectivity index (χ1v) is 11.0. The third kappa shape index (κ3) is 6.60. The monoisotopic (exact) mass is 395 g/mol. The van der Waals surface area contributed by atoms with Crippen LogP contribution in [0.25, 0.3) is 11.1 Å². The zero-order valence-electron chi connectivity index (χ0n) is 17.6. The van der Waals surface area contributed by atoms with Crippen molar-refractivity contribution in [2.45, 2.75) is 45.4 Å². The molecule has 1 saturated heterocycles. The molecule has 1 aliphatic heterocycles. The fourth-order valence-electron chi connectivity index (χ4n) is 3.57. The second kappa shape index (κ2) is 11.6. The molecule has 1 aliphatic rings. The maximum absolute atomic E-state index is 12.5. The van der Waals surface area contributed by atoms with E-state index in [1.807, 2.05) is 41.3 Å². The molecular weight excluding hydrogens is 362 g/mol. The van der Waals surface area contributed by atoms with Crippen LogP contribution in [0.4, 0.5) is 0 Å². The van der Waals surface area contributed by atoms with Gasteiger partial charge in [0.15, 0.2) is 0 Å². The number of ether oxygens (including phenoxy) is 2. The van der Waals surface area contributed by atoms with Crippen LogP contribution in [0.5, 0.6) is 5.75 Å². The second-order valence-electron chi connectivity index (χ2n) is 7.62. The molecule has 0 radical (unpaired) electrons. The summed E-state index contributed by atoms with van der Waals surface area (Å²) in [5.41, 5.74) is 2.96. The smallest absolute Gasteiger partial charge is 0.254 e. The molecular formula is C25H33NO3. The largest absolute Gasteiger partial charge is 0.494 e. The van der Waals surface area contributed by atoms with Crippen molar-refractivity contribution in [3.63, 3.8) is 0 Å². The van der Waals surface area contributed by atoms with Crippen LogP contribution >= 0.6 is 0 Å². The van der Waals surface area contributed by atoms with Gasteiger partial charge in [-0.05, 0) is 41.8 Å². The van der Waals surface area contributed by atoms with Crippen LogP contribution in [-0.4, -0.2) is 43.7 Å². The standard InChI is InChI=1S/C25H33NO3/c1-2-3-4-5-6-7-18-29-24-14-12-22(13-15-24)21-8-10-23(11-9-21)25(27)26-16-19-28-20-17-26/h8-15H,2-7,16-20H2,1H3.